The molecule has 0 aliphatic rings. The highest BCUT2D eigenvalue weighted by Crippen LogP contribution is 2.27. The van der Waals surface area contributed by atoms with Crippen LogP contribution in [0.1, 0.15) is 45.6 Å². The van der Waals surface area contributed by atoms with Gasteiger partial charge in [0.15, 0.2) is 0 Å². The van der Waals surface area contributed by atoms with Crippen molar-refractivity contribution in [3.63, 3.8) is 0 Å². The molecule has 2 nitrogen and oxygen atoms in total. The molecule has 0 amide bonds. The average molecular weight is 276 g/mol. The fraction of sp³-hybridized carbons (Fsp3) is 0.562. The van der Waals surface area contributed by atoms with Crippen LogP contribution in [-0.4, -0.2) is 12.3 Å². The number of nitrogens with zero attached hydrogens (tertiary/aromatic N) is 1. The molecule has 0 heterocycles. The minimum absolute atomic E-state index is 0.777. The summed E-state index contributed by atoms with van der Waals surface area (Å²) in [6.45, 7) is 7.57. The van der Waals surface area contributed by atoms with Gasteiger partial charge in [0.05, 0.1) is 11.3 Å². The van der Waals surface area contributed by atoms with Gasteiger partial charge < -0.3 is 5.32 Å². The van der Waals surface area contributed by atoms with Crippen LogP contribution in [0.3, 0.4) is 0 Å². The van der Waals surface area contributed by atoms with E-state index in [4.69, 9.17) is 0 Å². The van der Waals surface area contributed by atoms with E-state index in [0.29, 0.717) is 0 Å². The first kappa shape index (κ1) is 15.9. The Balaban J connectivity index is 2.54. The highest BCUT2D eigenvalue weighted by atomic mass is 32.2. The molecule has 0 bridgehead atoms. The Bertz CT molecular complexity index is 421. The second kappa shape index (κ2) is 8.87. The summed E-state index contributed by atoms with van der Waals surface area (Å²) in [6, 6.07) is 8.37. The number of nitrogens with one attached hydrogen (secondary N) is 1. The molecule has 1 aromatic rings. The summed E-state index contributed by atoms with van der Waals surface area (Å²) >= 11 is 1.73. The second-order valence-corrected chi connectivity index (χ2v) is 6.35. The zero-order valence-corrected chi connectivity index (χ0v) is 13.0. The molecule has 0 radical (unpaired) electrons. The van der Waals surface area contributed by atoms with Crippen LogP contribution in [0, 0.1) is 17.2 Å². The van der Waals surface area contributed by atoms with Gasteiger partial charge in [-0.3, -0.25) is 0 Å². The van der Waals surface area contributed by atoms with Crippen LogP contribution in [0.5, 0.6) is 0 Å². The monoisotopic (exact) mass is 276 g/mol. The summed E-state index contributed by atoms with van der Waals surface area (Å²) in [5, 5.41) is 12.7. The third kappa shape index (κ3) is 5.57. The molecule has 0 atom stereocenters. The topological polar surface area (TPSA) is 35.8 Å². The van der Waals surface area contributed by atoms with Crippen LogP contribution >= 0.6 is 11.8 Å². The molecule has 0 aromatic heterocycles. The van der Waals surface area contributed by atoms with E-state index >= 15 is 0 Å². The third-order valence-corrected chi connectivity index (χ3v) is 3.90. The molecular weight excluding hydrogens is 252 g/mol. The lowest BCUT2D eigenvalue weighted by molar-refractivity contribution is 0.545. The molecule has 0 fully saturated rings. The van der Waals surface area contributed by atoms with E-state index in [9.17, 15) is 5.26 Å². The van der Waals surface area contributed by atoms with Crippen molar-refractivity contribution in [2.24, 2.45) is 5.92 Å². The van der Waals surface area contributed by atoms with Crippen molar-refractivity contribution < 1.29 is 0 Å². The summed E-state index contributed by atoms with van der Waals surface area (Å²) in [6.07, 6.45) is 3.68. The number of anilines is 1. The van der Waals surface area contributed by atoms with Crippen LogP contribution < -0.4 is 5.32 Å². The van der Waals surface area contributed by atoms with Gasteiger partial charge in [-0.2, -0.15) is 5.26 Å². The molecule has 1 N–H and O–H groups in total. The first-order valence-electron chi connectivity index (χ1n) is 7.08. The number of thioether (sulfide) groups is 1. The third-order valence-electron chi connectivity index (χ3n) is 2.96. The van der Waals surface area contributed by atoms with Gasteiger partial charge in [0.25, 0.3) is 0 Å². The van der Waals surface area contributed by atoms with Gasteiger partial charge in [0.2, 0.25) is 0 Å². The van der Waals surface area contributed by atoms with Gasteiger partial charge in [-0.05, 0) is 30.2 Å². The fourth-order valence-electron chi connectivity index (χ4n) is 1.97. The first-order valence-corrected chi connectivity index (χ1v) is 8.07. The van der Waals surface area contributed by atoms with E-state index in [2.05, 4.69) is 32.2 Å². The second-order valence-electron chi connectivity index (χ2n) is 5.04. The van der Waals surface area contributed by atoms with Crippen molar-refractivity contribution in [1.82, 2.24) is 0 Å². The number of unbranched alkanes of at least 4 members (excludes halogenated alkanes) is 1. The van der Waals surface area contributed by atoms with E-state index in [1.807, 2.05) is 18.2 Å². The van der Waals surface area contributed by atoms with E-state index in [1.54, 1.807) is 11.8 Å². The quantitative estimate of drug-likeness (QED) is 0.541. The standard InChI is InChI=1S/C16H24N2S/c1-4-19-16-10-7-9-15(14(16)12-17)18-11-6-5-8-13(2)3/h7,9-10,13,18H,4-6,8,11H2,1-3H3. The number of hydrogen-bond acceptors (Lipinski definition) is 3. The van der Waals surface area contributed by atoms with Gasteiger partial charge in [0, 0.05) is 11.4 Å². The van der Waals surface area contributed by atoms with Crippen molar-refractivity contribution in [2.45, 2.75) is 44.9 Å². The molecule has 0 spiro atoms. The fourth-order valence-corrected chi connectivity index (χ4v) is 2.76. The maximum atomic E-state index is 9.30. The van der Waals surface area contributed by atoms with E-state index in [1.165, 1.54) is 12.8 Å². The Kier molecular flexibility index (Phi) is 7.43. The van der Waals surface area contributed by atoms with Gasteiger partial charge >= 0.3 is 0 Å². The molecule has 104 valence electrons. The molecule has 3 heteroatoms. The molecule has 0 saturated heterocycles. The van der Waals surface area contributed by atoms with Crippen LogP contribution in [0.2, 0.25) is 0 Å². The lowest BCUT2D eigenvalue weighted by Crippen LogP contribution is -2.04. The Morgan fingerprint density at radius 1 is 1.32 bits per heavy atom. The Hall–Kier alpha value is -1.14. The number of benzene rings is 1. The van der Waals surface area contributed by atoms with Crippen molar-refractivity contribution in [3.8, 4) is 6.07 Å². The molecule has 0 unspecified atom stereocenters. The highest BCUT2D eigenvalue weighted by Gasteiger charge is 2.07. The van der Waals surface area contributed by atoms with Crippen molar-refractivity contribution in [1.29, 1.82) is 5.26 Å². The molecule has 1 aromatic carbocycles. The van der Waals surface area contributed by atoms with Crippen LogP contribution in [-0.2, 0) is 0 Å². The Labute approximate surface area is 121 Å². The Morgan fingerprint density at radius 3 is 2.74 bits per heavy atom. The minimum atomic E-state index is 0.777. The van der Waals surface area contributed by atoms with Gasteiger partial charge in [0.1, 0.15) is 6.07 Å². The molecular formula is C16H24N2S. The van der Waals surface area contributed by atoms with Crippen LogP contribution in [0.25, 0.3) is 0 Å². The van der Waals surface area contributed by atoms with Gasteiger partial charge in [-0.25, -0.2) is 0 Å². The summed E-state index contributed by atoms with van der Waals surface area (Å²) < 4.78 is 0. The smallest absolute Gasteiger partial charge is 0.102 e. The van der Waals surface area contributed by atoms with Crippen molar-refractivity contribution in [2.75, 3.05) is 17.6 Å². The average Bonchev–Trinajstić information content (AvgIpc) is 2.38. The predicted octanol–water partition coefficient (Wildman–Crippen LogP) is 4.91. The van der Waals surface area contributed by atoms with Gasteiger partial charge in [-0.15, -0.1) is 11.8 Å². The van der Waals surface area contributed by atoms with Crippen LogP contribution in [0.15, 0.2) is 23.1 Å². The summed E-state index contributed by atoms with van der Waals surface area (Å²) in [7, 11) is 0. The molecule has 1 rings (SSSR count). The molecule has 0 saturated carbocycles. The zero-order valence-electron chi connectivity index (χ0n) is 12.2. The normalized spacial score (nSPS) is 10.5. The maximum Gasteiger partial charge on any atom is 0.102 e. The van der Waals surface area contributed by atoms with Crippen molar-refractivity contribution in [3.05, 3.63) is 23.8 Å². The summed E-state index contributed by atoms with van der Waals surface area (Å²) in [5.41, 5.74) is 1.77. The van der Waals surface area contributed by atoms with E-state index in [0.717, 1.165) is 40.8 Å². The van der Waals surface area contributed by atoms with E-state index in [-0.39, 0.29) is 0 Å². The minimum Gasteiger partial charge on any atom is -0.384 e. The first-order chi connectivity index (χ1) is 9.19. The Morgan fingerprint density at radius 2 is 2.11 bits per heavy atom. The number of hydrogen-bond donors (Lipinski definition) is 1. The van der Waals surface area contributed by atoms with Crippen LogP contribution in [0.4, 0.5) is 5.69 Å². The predicted molar refractivity (Wildman–Crippen MR) is 84.7 cm³/mol. The number of rotatable bonds is 8. The van der Waals surface area contributed by atoms with E-state index < -0.39 is 0 Å². The lowest BCUT2D eigenvalue weighted by Gasteiger charge is -2.11. The van der Waals surface area contributed by atoms with Crippen molar-refractivity contribution >= 4 is 17.4 Å². The SMILES string of the molecule is CCSc1cccc(NCCCCC(C)C)c1C#N. The highest BCUT2D eigenvalue weighted by molar-refractivity contribution is 7.99. The summed E-state index contributed by atoms with van der Waals surface area (Å²) in [5.74, 6) is 1.77. The van der Waals surface area contributed by atoms with Gasteiger partial charge in [-0.1, -0.05) is 39.7 Å². The molecule has 19 heavy (non-hydrogen) atoms. The molecule has 0 aliphatic carbocycles. The number of nitriles is 1. The largest absolute Gasteiger partial charge is 0.384 e. The maximum absolute atomic E-state index is 9.30. The summed E-state index contributed by atoms with van der Waals surface area (Å²) in [4.78, 5) is 1.08. The molecule has 0 aliphatic heterocycles. The lowest BCUT2D eigenvalue weighted by atomic mass is 10.1. The zero-order chi connectivity index (χ0) is 14.1.